The van der Waals surface area contributed by atoms with E-state index >= 15 is 0 Å². The van der Waals surface area contributed by atoms with E-state index in [1.807, 2.05) is 0 Å². The molecule has 1 saturated carbocycles. The van der Waals surface area contributed by atoms with Gasteiger partial charge in [0, 0.05) is 19.1 Å². The van der Waals surface area contributed by atoms with Gasteiger partial charge in [0.1, 0.15) is 6.54 Å². The predicted octanol–water partition coefficient (Wildman–Crippen LogP) is -0.0782. The molecule has 0 bridgehead atoms. The van der Waals surface area contributed by atoms with Gasteiger partial charge < -0.3 is 15.4 Å². The van der Waals surface area contributed by atoms with E-state index in [9.17, 15) is 9.59 Å². The molecule has 21 heavy (non-hydrogen) atoms. The van der Waals surface area contributed by atoms with Gasteiger partial charge >= 0.3 is 0 Å². The van der Waals surface area contributed by atoms with Crippen LogP contribution in [0.4, 0.5) is 5.82 Å². The Bertz CT molecular complexity index is 520. The first kappa shape index (κ1) is 14.0. The van der Waals surface area contributed by atoms with Gasteiger partial charge in [-0.25, -0.2) is 4.68 Å². The zero-order valence-electron chi connectivity index (χ0n) is 11.7. The molecule has 8 heteroatoms. The molecule has 8 nitrogen and oxygen atoms in total. The van der Waals surface area contributed by atoms with Crippen LogP contribution in [0.2, 0.25) is 0 Å². The van der Waals surface area contributed by atoms with Gasteiger partial charge in [0.15, 0.2) is 5.82 Å². The van der Waals surface area contributed by atoms with Crippen LogP contribution in [0.15, 0.2) is 6.20 Å². The Morgan fingerprint density at radius 3 is 2.95 bits per heavy atom. The zero-order valence-corrected chi connectivity index (χ0v) is 11.7. The third-order valence-corrected chi connectivity index (χ3v) is 3.59. The average molecular weight is 293 g/mol. The first-order valence-electron chi connectivity index (χ1n) is 7.30. The minimum atomic E-state index is -0.143. The first-order chi connectivity index (χ1) is 10.2. The predicted molar refractivity (Wildman–Crippen MR) is 73.4 cm³/mol. The lowest BCUT2D eigenvalue weighted by Crippen LogP contribution is -2.34. The molecule has 0 spiro atoms. The Kier molecular flexibility index (Phi) is 4.14. The topological polar surface area (TPSA) is 98.1 Å². The molecule has 2 aliphatic rings. The van der Waals surface area contributed by atoms with Crippen molar-refractivity contribution < 1.29 is 14.3 Å². The SMILES string of the molecule is O=C(Cn1cc(NC(=O)C2CC2)nn1)NCC1CCCO1. The summed E-state index contributed by atoms with van der Waals surface area (Å²) >= 11 is 0. The maximum absolute atomic E-state index is 11.8. The molecule has 2 N–H and O–H groups in total. The van der Waals surface area contributed by atoms with Crippen LogP contribution in [0.1, 0.15) is 25.7 Å². The Labute approximate surface area is 122 Å². The quantitative estimate of drug-likeness (QED) is 0.764. The molecule has 1 aliphatic carbocycles. The molecule has 3 rings (SSSR count). The number of hydrogen-bond donors (Lipinski definition) is 2. The molecular formula is C13H19N5O3. The van der Waals surface area contributed by atoms with Gasteiger partial charge in [-0.15, -0.1) is 5.10 Å². The standard InChI is InChI=1S/C13H19N5O3/c19-12(14-6-10-2-1-5-21-10)8-18-7-11(16-17-18)15-13(20)9-3-4-9/h7,9-10H,1-6,8H2,(H,14,19)(H,15,20). The molecule has 1 aromatic heterocycles. The molecule has 2 heterocycles. The molecule has 0 aromatic carbocycles. The van der Waals surface area contributed by atoms with Crippen LogP contribution in [0, 0.1) is 5.92 Å². The lowest BCUT2D eigenvalue weighted by Gasteiger charge is -2.10. The van der Waals surface area contributed by atoms with Gasteiger partial charge in [0.2, 0.25) is 11.8 Å². The van der Waals surface area contributed by atoms with Crippen molar-refractivity contribution in [3.63, 3.8) is 0 Å². The lowest BCUT2D eigenvalue weighted by atomic mass is 10.2. The zero-order chi connectivity index (χ0) is 14.7. The summed E-state index contributed by atoms with van der Waals surface area (Å²) in [6, 6.07) is 0. The van der Waals surface area contributed by atoms with Crippen LogP contribution in [-0.2, 0) is 20.9 Å². The van der Waals surface area contributed by atoms with Crippen molar-refractivity contribution in [2.24, 2.45) is 5.92 Å². The van der Waals surface area contributed by atoms with Gasteiger partial charge in [-0.05, 0) is 25.7 Å². The summed E-state index contributed by atoms with van der Waals surface area (Å²) in [6.07, 6.45) is 5.59. The van der Waals surface area contributed by atoms with Crippen LogP contribution < -0.4 is 10.6 Å². The van der Waals surface area contributed by atoms with E-state index in [1.165, 1.54) is 4.68 Å². The van der Waals surface area contributed by atoms with Crippen LogP contribution in [0.25, 0.3) is 0 Å². The third kappa shape index (κ3) is 4.01. The summed E-state index contributed by atoms with van der Waals surface area (Å²) in [5, 5.41) is 13.2. The summed E-state index contributed by atoms with van der Waals surface area (Å²) in [5.74, 6) is 0.337. The van der Waals surface area contributed by atoms with Crippen LogP contribution in [-0.4, -0.2) is 46.1 Å². The average Bonchev–Trinajstić information content (AvgIpc) is 3.02. The lowest BCUT2D eigenvalue weighted by molar-refractivity contribution is -0.122. The number of anilines is 1. The van der Waals surface area contributed by atoms with Crippen molar-refractivity contribution in [1.82, 2.24) is 20.3 Å². The van der Waals surface area contributed by atoms with E-state index in [2.05, 4.69) is 20.9 Å². The molecule has 1 aliphatic heterocycles. The maximum Gasteiger partial charge on any atom is 0.241 e. The third-order valence-electron chi connectivity index (χ3n) is 3.59. The van der Waals surface area contributed by atoms with Crippen molar-refractivity contribution in [2.75, 3.05) is 18.5 Å². The van der Waals surface area contributed by atoms with E-state index in [0.29, 0.717) is 12.4 Å². The van der Waals surface area contributed by atoms with E-state index in [4.69, 9.17) is 4.74 Å². The highest BCUT2D eigenvalue weighted by Crippen LogP contribution is 2.29. The van der Waals surface area contributed by atoms with Crippen LogP contribution in [0.3, 0.4) is 0 Å². The second kappa shape index (κ2) is 6.21. The highest BCUT2D eigenvalue weighted by atomic mass is 16.5. The number of hydrogen-bond acceptors (Lipinski definition) is 5. The number of nitrogens with zero attached hydrogens (tertiary/aromatic N) is 3. The number of aromatic nitrogens is 3. The molecule has 1 unspecified atom stereocenters. The second-order valence-electron chi connectivity index (χ2n) is 5.50. The summed E-state index contributed by atoms with van der Waals surface area (Å²) in [7, 11) is 0. The fourth-order valence-electron chi connectivity index (χ4n) is 2.24. The van der Waals surface area contributed by atoms with Crippen molar-refractivity contribution >= 4 is 17.6 Å². The summed E-state index contributed by atoms with van der Waals surface area (Å²) < 4.78 is 6.84. The van der Waals surface area contributed by atoms with E-state index in [-0.39, 0.29) is 30.4 Å². The number of nitrogens with one attached hydrogen (secondary N) is 2. The molecule has 2 fully saturated rings. The second-order valence-corrected chi connectivity index (χ2v) is 5.50. The number of carbonyl (C=O) groups excluding carboxylic acids is 2. The van der Waals surface area contributed by atoms with Gasteiger partial charge in [-0.2, -0.15) is 0 Å². The normalized spacial score (nSPS) is 21.2. The molecular weight excluding hydrogens is 274 g/mol. The largest absolute Gasteiger partial charge is 0.376 e. The highest BCUT2D eigenvalue weighted by Gasteiger charge is 2.30. The van der Waals surface area contributed by atoms with Gasteiger partial charge in [0.05, 0.1) is 12.3 Å². The van der Waals surface area contributed by atoms with E-state index < -0.39 is 0 Å². The van der Waals surface area contributed by atoms with Crippen molar-refractivity contribution in [2.45, 2.75) is 38.3 Å². The van der Waals surface area contributed by atoms with Crippen molar-refractivity contribution in [3.05, 3.63) is 6.20 Å². The Morgan fingerprint density at radius 2 is 2.24 bits per heavy atom. The van der Waals surface area contributed by atoms with E-state index in [1.54, 1.807) is 6.20 Å². The minimum Gasteiger partial charge on any atom is -0.376 e. The number of ether oxygens (including phenoxy) is 1. The van der Waals surface area contributed by atoms with E-state index in [0.717, 1.165) is 32.3 Å². The van der Waals surface area contributed by atoms with Gasteiger partial charge in [-0.1, -0.05) is 5.21 Å². The maximum atomic E-state index is 11.8. The molecule has 2 amide bonds. The number of amides is 2. The van der Waals surface area contributed by atoms with Gasteiger partial charge in [0.25, 0.3) is 0 Å². The Balaban J connectivity index is 1.42. The highest BCUT2D eigenvalue weighted by molar-refractivity contribution is 5.93. The smallest absolute Gasteiger partial charge is 0.241 e. The van der Waals surface area contributed by atoms with Crippen molar-refractivity contribution in [1.29, 1.82) is 0 Å². The monoisotopic (exact) mass is 293 g/mol. The fourth-order valence-corrected chi connectivity index (χ4v) is 2.24. The molecule has 1 atom stereocenters. The van der Waals surface area contributed by atoms with Crippen LogP contribution in [0.5, 0.6) is 0 Å². The molecule has 1 aromatic rings. The summed E-state index contributed by atoms with van der Waals surface area (Å²) in [5.41, 5.74) is 0. The molecule has 0 radical (unpaired) electrons. The number of carbonyl (C=O) groups is 2. The fraction of sp³-hybridized carbons (Fsp3) is 0.692. The Morgan fingerprint density at radius 1 is 1.38 bits per heavy atom. The number of rotatable bonds is 6. The Hall–Kier alpha value is -1.96. The summed E-state index contributed by atoms with van der Waals surface area (Å²) in [4.78, 5) is 23.4. The minimum absolute atomic E-state index is 0.0233. The van der Waals surface area contributed by atoms with Gasteiger partial charge in [-0.3, -0.25) is 9.59 Å². The first-order valence-corrected chi connectivity index (χ1v) is 7.30. The van der Waals surface area contributed by atoms with Crippen LogP contribution >= 0.6 is 0 Å². The molecule has 1 saturated heterocycles. The molecule has 114 valence electrons. The van der Waals surface area contributed by atoms with Crippen molar-refractivity contribution in [3.8, 4) is 0 Å². The summed E-state index contributed by atoms with van der Waals surface area (Å²) in [6.45, 7) is 1.38.